The SMILES string of the molecule is CCC1CCCN(c2cnnc(Cl)c2)CC1. The Labute approximate surface area is 102 Å². The minimum Gasteiger partial charge on any atom is -0.370 e. The lowest BCUT2D eigenvalue weighted by Gasteiger charge is -2.22. The molecular formula is C12H18ClN3. The Balaban J connectivity index is 2.04. The number of rotatable bonds is 2. The van der Waals surface area contributed by atoms with Gasteiger partial charge in [-0.05, 0) is 25.2 Å². The second-order valence-corrected chi connectivity index (χ2v) is 4.82. The molecule has 1 aliphatic rings. The Hall–Kier alpha value is -0.830. The van der Waals surface area contributed by atoms with Gasteiger partial charge in [-0.15, -0.1) is 5.10 Å². The van der Waals surface area contributed by atoms with E-state index in [0.717, 1.165) is 24.7 Å². The van der Waals surface area contributed by atoms with Crippen LogP contribution >= 0.6 is 11.6 Å². The fourth-order valence-electron chi connectivity index (χ4n) is 2.34. The Bertz CT molecular complexity index is 343. The summed E-state index contributed by atoms with van der Waals surface area (Å²) in [5, 5.41) is 8.16. The molecule has 1 aromatic rings. The van der Waals surface area contributed by atoms with Crippen LogP contribution in [0.5, 0.6) is 0 Å². The van der Waals surface area contributed by atoms with Gasteiger partial charge in [-0.1, -0.05) is 24.9 Å². The fraction of sp³-hybridized carbons (Fsp3) is 0.667. The molecule has 0 amide bonds. The van der Waals surface area contributed by atoms with Gasteiger partial charge >= 0.3 is 0 Å². The summed E-state index contributed by atoms with van der Waals surface area (Å²) in [5.41, 5.74) is 1.11. The standard InChI is InChI=1S/C12H18ClN3/c1-2-10-4-3-6-16(7-5-10)11-8-12(13)15-14-9-11/h8-10H,2-7H2,1H3. The van der Waals surface area contributed by atoms with E-state index < -0.39 is 0 Å². The first-order valence-electron chi connectivity index (χ1n) is 6.02. The van der Waals surface area contributed by atoms with Crippen LogP contribution in [-0.2, 0) is 0 Å². The molecule has 2 heterocycles. The van der Waals surface area contributed by atoms with Crippen molar-refractivity contribution in [3.05, 3.63) is 17.4 Å². The maximum Gasteiger partial charge on any atom is 0.153 e. The van der Waals surface area contributed by atoms with E-state index >= 15 is 0 Å². The maximum atomic E-state index is 5.86. The van der Waals surface area contributed by atoms with E-state index in [9.17, 15) is 0 Å². The largest absolute Gasteiger partial charge is 0.370 e. The van der Waals surface area contributed by atoms with Crippen LogP contribution in [0.4, 0.5) is 5.69 Å². The Kier molecular flexibility index (Phi) is 3.99. The van der Waals surface area contributed by atoms with Crippen molar-refractivity contribution < 1.29 is 0 Å². The van der Waals surface area contributed by atoms with Crippen LogP contribution in [0.3, 0.4) is 0 Å². The Morgan fingerprint density at radius 2 is 2.31 bits per heavy atom. The van der Waals surface area contributed by atoms with Crippen molar-refractivity contribution in [3.63, 3.8) is 0 Å². The number of hydrogen-bond donors (Lipinski definition) is 0. The van der Waals surface area contributed by atoms with Crippen LogP contribution in [-0.4, -0.2) is 23.3 Å². The molecule has 1 unspecified atom stereocenters. The minimum atomic E-state index is 0.480. The van der Waals surface area contributed by atoms with Crippen LogP contribution in [0.15, 0.2) is 12.3 Å². The predicted molar refractivity (Wildman–Crippen MR) is 66.9 cm³/mol. The molecule has 1 saturated heterocycles. The maximum absolute atomic E-state index is 5.86. The normalized spacial score (nSPS) is 21.9. The molecule has 0 radical (unpaired) electrons. The summed E-state index contributed by atoms with van der Waals surface area (Å²) in [7, 11) is 0. The first-order chi connectivity index (χ1) is 7.79. The van der Waals surface area contributed by atoms with Crippen molar-refractivity contribution in [1.82, 2.24) is 10.2 Å². The minimum absolute atomic E-state index is 0.480. The van der Waals surface area contributed by atoms with Gasteiger partial charge in [0.2, 0.25) is 0 Å². The molecule has 1 atom stereocenters. The van der Waals surface area contributed by atoms with E-state index in [1.165, 1.54) is 25.7 Å². The van der Waals surface area contributed by atoms with Gasteiger partial charge in [0.05, 0.1) is 11.9 Å². The van der Waals surface area contributed by atoms with Gasteiger partial charge in [0.1, 0.15) is 0 Å². The van der Waals surface area contributed by atoms with E-state index in [-0.39, 0.29) is 0 Å². The predicted octanol–water partition coefficient (Wildman–Crippen LogP) is 3.15. The van der Waals surface area contributed by atoms with Gasteiger partial charge in [0.15, 0.2) is 5.15 Å². The molecule has 0 N–H and O–H groups in total. The Morgan fingerprint density at radius 1 is 1.44 bits per heavy atom. The van der Waals surface area contributed by atoms with Gasteiger partial charge in [0.25, 0.3) is 0 Å². The molecule has 1 aliphatic heterocycles. The molecular weight excluding hydrogens is 222 g/mol. The van der Waals surface area contributed by atoms with Crippen molar-refractivity contribution in [2.75, 3.05) is 18.0 Å². The summed E-state index contributed by atoms with van der Waals surface area (Å²) in [4.78, 5) is 2.37. The molecule has 3 nitrogen and oxygen atoms in total. The van der Waals surface area contributed by atoms with Crippen LogP contribution < -0.4 is 4.90 Å². The number of hydrogen-bond acceptors (Lipinski definition) is 3. The molecule has 2 rings (SSSR count). The van der Waals surface area contributed by atoms with E-state index in [1.54, 1.807) is 6.20 Å². The lowest BCUT2D eigenvalue weighted by molar-refractivity contribution is 0.459. The van der Waals surface area contributed by atoms with Gasteiger partial charge < -0.3 is 4.90 Å². The highest BCUT2D eigenvalue weighted by Gasteiger charge is 2.16. The number of aromatic nitrogens is 2. The lowest BCUT2D eigenvalue weighted by Crippen LogP contribution is -2.24. The molecule has 1 aromatic heterocycles. The van der Waals surface area contributed by atoms with Gasteiger partial charge in [-0.2, -0.15) is 5.10 Å². The first-order valence-corrected chi connectivity index (χ1v) is 6.40. The van der Waals surface area contributed by atoms with Crippen LogP contribution in [0.2, 0.25) is 5.15 Å². The quantitative estimate of drug-likeness (QED) is 0.794. The van der Waals surface area contributed by atoms with Crippen molar-refractivity contribution in [2.24, 2.45) is 5.92 Å². The molecule has 0 saturated carbocycles. The van der Waals surface area contributed by atoms with E-state index in [4.69, 9.17) is 11.6 Å². The second-order valence-electron chi connectivity index (χ2n) is 4.43. The molecule has 88 valence electrons. The lowest BCUT2D eigenvalue weighted by atomic mass is 9.98. The highest BCUT2D eigenvalue weighted by Crippen LogP contribution is 2.24. The summed E-state index contributed by atoms with van der Waals surface area (Å²) in [6.45, 7) is 4.50. The summed E-state index contributed by atoms with van der Waals surface area (Å²) in [5.74, 6) is 0.885. The highest BCUT2D eigenvalue weighted by molar-refractivity contribution is 6.29. The van der Waals surface area contributed by atoms with E-state index in [1.807, 2.05) is 6.07 Å². The smallest absolute Gasteiger partial charge is 0.153 e. The zero-order chi connectivity index (χ0) is 11.4. The van der Waals surface area contributed by atoms with Crippen molar-refractivity contribution in [1.29, 1.82) is 0 Å². The van der Waals surface area contributed by atoms with Crippen LogP contribution in [0.1, 0.15) is 32.6 Å². The summed E-state index contributed by atoms with van der Waals surface area (Å²) in [6, 6.07) is 1.90. The molecule has 0 bridgehead atoms. The second kappa shape index (κ2) is 5.48. The monoisotopic (exact) mass is 239 g/mol. The molecule has 4 heteroatoms. The number of nitrogens with zero attached hydrogens (tertiary/aromatic N) is 3. The zero-order valence-corrected chi connectivity index (χ0v) is 10.5. The van der Waals surface area contributed by atoms with Crippen molar-refractivity contribution in [2.45, 2.75) is 32.6 Å². The van der Waals surface area contributed by atoms with E-state index in [0.29, 0.717) is 5.15 Å². The third-order valence-electron chi connectivity index (χ3n) is 3.40. The summed E-state index contributed by atoms with van der Waals surface area (Å²) < 4.78 is 0. The molecule has 0 aliphatic carbocycles. The van der Waals surface area contributed by atoms with Crippen molar-refractivity contribution in [3.8, 4) is 0 Å². The van der Waals surface area contributed by atoms with Crippen LogP contribution in [0.25, 0.3) is 0 Å². The third kappa shape index (κ3) is 2.85. The average Bonchev–Trinajstić information content (AvgIpc) is 2.54. The summed E-state index contributed by atoms with van der Waals surface area (Å²) in [6.07, 6.45) is 6.98. The van der Waals surface area contributed by atoms with Gasteiger partial charge in [0, 0.05) is 19.2 Å². The fourth-order valence-corrected chi connectivity index (χ4v) is 2.49. The molecule has 0 spiro atoms. The zero-order valence-electron chi connectivity index (χ0n) is 9.69. The molecule has 1 fully saturated rings. The summed E-state index contributed by atoms with van der Waals surface area (Å²) >= 11 is 5.86. The molecule has 0 aromatic carbocycles. The highest BCUT2D eigenvalue weighted by atomic mass is 35.5. The average molecular weight is 240 g/mol. The van der Waals surface area contributed by atoms with E-state index in [2.05, 4.69) is 22.0 Å². The number of halogens is 1. The third-order valence-corrected chi connectivity index (χ3v) is 3.59. The molecule has 16 heavy (non-hydrogen) atoms. The number of anilines is 1. The topological polar surface area (TPSA) is 29.0 Å². The van der Waals surface area contributed by atoms with Crippen molar-refractivity contribution >= 4 is 17.3 Å². The van der Waals surface area contributed by atoms with Gasteiger partial charge in [-0.3, -0.25) is 0 Å². The first kappa shape index (κ1) is 11.6. The van der Waals surface area contributed by atoms with Crippen LogP contribution in [0, 0.1) is 5.92 Å². The van der Waals surface area contributed by atoms with Gasteiger partial charge in [-0.25, -0.2) is 0 Å². The Morgan fingerprint density at radius 3 is 3.06 bits per heavy atom.